The van der Waals surface area contributed by atoms with Crippen molar-refractivity contribution in [1.82, 2.24) is 0 Å². The molecule has 3 nitrogen and oxygen atoms in total. The number of ether oxygens (including phenoxy) is 2. The topological polar surface area (TPSA) is 44.5 Å². The van der Waals surface area contributed by atoms with Crippen LogP contribution in [0.4, 0.5) is 13.2 Å². The van der Waals surface area contributed by atoms with Crippen LogP contribution in [-0.4, -0.2) is 13.5 Å². The molecule has 15 heavy (non-hydrogen) atoms. The van der Waals surface area contributed by atoms with Gasteiger partial charge in [0.05, 0.1) is 7.11 Å². The minimum atomic E-state index is -4.74. The van der Waals surface area contributed by atoms with E-state index in [9.17, 15) is 13.2 Å². The van der Waals surface area contributed by atoms with Crippen LogP contribution >= 0.6 is 0 Å². The Balaban J connectivity index is 3.01. The minimum absolute atomic E-state index is 0.0181. The van der Waals surface area contributed by atoms with Gasteiger partial charge in [-0.05, 0) is 17.7 Å². The Kier molecular flexibility index (Phi) is 3.41. The average molecular weight is 221 g/mol. The van der Waals surface area contributed by atoms with Crippen molar-refractivity contribution >= 4 is 0 Å². The van der Waals surface area contributed by atoms with Crippen molar-refractivity contribution in [3.8, 4) is 11.5 Å². The van der Waals surface area contributed by atoms with Gasteiger partial charge in [0.25, 0.3) is 0 Å². The van der Waals surface area contributed by atoms with Crippen LogP contribution < -0.4 is 15.2 Å². The zero-order valence-corrected chi connectivity index (χ0v) is 7.97. The van der Waals surface area contributed by atoms with E-state index in [4.69, 9.17) is 10.5 Å². The molecule has 84 valence electrons. The molecule has 0 atom stereocenters. The third kappa shape index (κ3) is 3.32. The van der Waals surface area contributed by atoms with Gasteiger partial charge in [-0.1, -0.05) is 6.07 Å². The summed E-state index contributed by atoms with van der Waals surface area (Å²) in [6.07, 6.45) is -4.74. The summed E-state index contributed by atoms with van der Waals surface area (Å²) in [5.74, 6) is -0.363. The van der Waals surface area contributed by atoms with Crippen LogP contribution in [0.3, 0.4) is 0 Å². The Bertz CT molecular complexity index is 339. The van der Waals surface area contributed by atoms with Gasteiger partial charge in [0.15, 0.2) is 11.5 Å². The first kappa shape index (κ1) is 11.6. The summed E-state index contributed by atoms with van der Waals surface area (Å²) in [4.78, 5) is 0. The molecule has 1 aromatic carbocycles. The van der Waals surface area contributed by atoms with Crippen LogP contribution in [0.15, 0.2) is 18.2 Å². The van der Waals surface area contributed by atoms with Gasteiger partial charge in [-0.25, -0.2) is 0 Å². The van der Waals surface area contributed by atoms with Crippen molar-refractivity contribution in [2.24, 2.45) is 5.73 Å². The van der Waals surface area contributed by atoms with E-state index < -0.39 is 6.36 Å². The van der Waals surface area contributed by atoms with Gasteiger partial charge in [0.2, 0.25) is 0 Å². The largest absolute Gasteiger partial charge is 0.573 e. The Morgan fingerprint density at radius 3 is 2.40 bits per heavy atom. The van der Waals surface area contributed by atoms with Gasteiger partial charge in [0, 0.05) is 6.54 Å². The lowest BCUT2D eigenvalue weighted by Crippen LogP contribution is -2.17. The number of hydrogen-bond donors (Lipinski definition) is 1. The van der Waals surface area contributed by atoms with Gasteiger partial charge in [-0.2, -0.15) is 0 Å². The highest BCUT2D eigenvalue weighted by molar-refractivity contribution is 5.43. The Morgan fingerprint density at radius 1 is 1.27 bits per heavy atom. The number of nitrogens with two attached hydrogens (primary N) is 1. The Morgan fingerprint density at radius 2 is 1.93 bits per heavy atom. The van der Waals surface area contributed by atoms with Gasteiger partial charge < -0.3 is 15.2 Å². The van der Waals surface area contributed by atoms with E-state index >= 15 is 0 Å². The number of rotatable bonds is 3. The number of methoxy groups -OCH3 is 1. The van der Waals surface area contributed by atoms with E-state index in [1.165, 1.54) is 19.2 Å². The third-order valence-corrected chi connectivity index (χ3v) is 1.69. The van der Waals surface area contributed by atoms with E-state index in [0.717, 1.165) is 0 Å². The Hall–Kier alpha value is -1.43. The summed E-state index contributed by atoms with van der Waals surface area (Å²) in [6.45, 7) is 0.137. The lowest BCUT2D eigenvalue weighted by atomic mass is 10.2. The fraction of sp³-hybridized carbons (Fsp3) is 0.333. The monoisotopic (exact) mass is 221 g/mol. The van der Waals surface area contributed by atoms with Gasteiger partial charge in [0.1, 0.15) is 0 Å². The second-order valence-electron chi connectivity index (χ2n) is 2.74. The van der Waals surface area contributed by atoms with E-state index in [-0.39, 0.29) is 18.0 Å². The van der Waals surface area contributed by atoms with Gasteiger partial charge >= 0.3 is 6.36 Å². The first-order chi connectivity index (χ1) is 6.96. The first-order valence-corrected chi connectivity index (χ1v) is 4.09. The predicted octanol–water partition coefficient (Wildman–Crippen LogP) is 2.05. The van der Waals surface area contributed by atoms with Crippen LogP contribution in [0, 0.1) is 0 Å². The number of hydrogen-bond acceptors (Lipinski definition) is 3. The maximum atomic E-state index is 12.0. The molecular weight excluding hydrogens is 211 g/mol. The fourth-order valence-electron chi connectivity index (χ4n) is 1.05. The molecule has 0 aromatic heterocycles. The molecule has 0 aliphatic rings. The summed E-state index contributed by atoms with van der Waals surface area (Å²) >= 11 is 0. The first-order valence-electron chi connectivity index (χ1n) is 4.09. The third-order valence-electron chi connectivity index (χ3n) is 1.69. The van der Waals surface area contributed by atoms with Crippen LogP contribution in [-0.2, 0) is 6.54 Å². The molecular formula is C9H10F3NO2. The lowest BCUT2D eigenvalue weighted by molar-refractivity contribution is -0.275. The highest BCUT2D eigenvalue weighted by atomic mass is 19.4. The fourth-order valence-corrected chi connectivity index (χ4v) is 1.05. The zero-order chi connectivity index (χ0) is 11.5. The molecule has 0 heterocycles. The molecule has 0 bridgehead atoms. The molecule has 2 N–H and O–H groups in total. The molecule has 0 unspecified atom stereocenters. The van der Waals surface area contributed by atoms with Crippen molar-refractivity contribution in [2.75, 3.05) is 7.11 Å². The standard InChI is InChI=1S/C9H10F3NO2/c1-14-7-3-2-6(5-13)4-8(7)15-9(10,11)12/h2-4H,5,13H2,1H3. The predicted molar refractivity (Wildman–Crippen MR) is 47.6 cm³/mol. The van der Waals surface area contributed by atoms with E-state index in [2.05, 4.69) is 4.74 Å². The highest BCUT2D eigenvalue weighted by Gasteiger charge is 2.32. The molecule has 0 amide bonds. The number of alkyl halides is 3. The molecule has 1 rings (SSSR count). The van der Waals surface area contributed by atoms with E-state index in [1.807, 2.05) is 0 Å². The van der Waals surface area contributed by atoms with Crippen LogP contribution in [0.5, 0.6) is 11.5 Å². The highest BCUT2D eigenvalue weighted by Crippen LogP contribution is 2.32. The summed E-state index contributed by atoms with van der Waals surface area (Å²) in [7, 11) is 1.26. The molecule has 0 aliphatic carbocycles. The van der Waals surface area contributed by atoms with E-state index in [1.54, 1.807) is 6.07 Å². The smallest absolute Gasteiger partial charge is 0.493 e. The second kappa shape index (κ2) is 4.39. The zero-order valence-electron chi connectivity index (χ0n) is 7.97. The molecule has 0 aliphatic heterocycles. The maximum absolute atomic E-state index is 12.0. The van der Waals surface area contributed by atoms with Crippen molar-refractivity contribution < 1.29 is 22.6 Å². The molecule has 1 aromatic rings. The summed E-state index contributed by atoms with van der Waals surface area (Å²) in [5.41, 5.74) is 5.83. The second-order valence-corrected chi connectivity index (χ2v) is 2.74. The maximum Gasteiger partial charge on any atom is 0.573 e. The average Bonchev–Trinajstić information content (AvgIpc) is 2.15. The lowest BCUT2D eigenvalue weighted by Gasteiger charge is -2.13. The van der Waals surface area contributed by atoms with Crippen molar-refractivity contribution in [1.29, 1.82) is 0 Å². The molecule has 0 saturated carbocycles. The van der Waals surface area contributed by atoms with Crippen molar-refractivity contribution in [3.05, 3.63) is 23.8 Å². The molecule has 0 saturated heterocycles. The Labute approximate surface area is 84.6 Å². The summed E-state index contributed by atoms with van der Waals surface area (Å²) in [6, 6.07) is 4.15. The van der Waals surface area contributed by atoms with Gasteiger partial charge in [-0.3, -0.25) is 0 Å². The van der Waals surface area contributed by atoms with Crippen LogP contribution in [0.25, 0.3) is 0 Å². The molecule has 0 spiro atoms. The number of benzene rings is 1. The summed E-state index contributed by atoms with van der Waals surface area (Å²) < 4.78 is 44.5. The quantitative estimate of drug-likeness (QED) is 0.849. The van der Waals surface area contributed by atoms with E-state index in [0.29, 0.717) is 5.56 Å². The van der Waals surface area contributed by atoms with Crippen LogP contribution in [0.1, 0.15) is 5.56 Å². The number of halogens is 3. The molecule has 6 heteroatoms. The van der Waals surface area contributed by atoms with Crippen LogP contribution in [0.2, 0.25) is 0 Å². The SMILES string of the molecule is COc1ccc(CN)cc1OC(F)(F)F. The summed E-state index contributed by atoms with van der Waals surface area (Å²) in [5, 5.41) is 0. The van der Waals surface area contributed by atoms with Crippen molar-refractivity contribution in [2.45, 2.75) is 12.9 Å². The van der Waals surface area contributed by atoms with Gasteiger partial charge in [-0.15, -0.1) is 13.2 Å². The normalized spacial score (nSPS) is 11.3. The molecule has 0 fully saturated rings. The van der Waals surface area contributed by atoms with Crippen molar-refractivity contribution in [3.63, 3.8) is 0 Å². The molecule has 0 radical (unpaired) electrons. The minimum Gasteiger partial charge on any atom is -0.493 e.